The Morgan fingerprint density at radius 3 is 2.71 bits per heavy atom. The second-order valence-electron chi connectivity index (χ2n) is 6.27. The summed E-state index contributed by atoms with van der Waals surface area (Å²) < 4.78 is 33.7. The number of rotatable bonds is 6. The van der Waals surface area contributed by atoms with Crippen LogP contribution in [0.25, 0.3) is 5.78 Å². The van der Waals surface area contributed by atoms with Crippen molar-refractivity contribution in [1.82, 2.24) is 19.6 Å². The van der Waals surface area contributed by atoms with Crippen LogP contribution in [0.1, 0.15) is 29.5 Å². The van der Waals surface area contributed by atoms with E-state index >= 15 is 0 Å². The van der Waals surface area contributed by atoms with Crippen molar-refractivity contribution in [3.8, 4) is 0 Å². The maximum Gasteiger partial charge on any atom is 0.252 e. The highest BCUT2D eigenvalue weighted by Gasteiger charge is 2.15. The Morgan fingerprint density at radius 1 is 1.21 bits per heavy atom. The van der Waals surface area contributed by atoms with Crippen LogP contribution in [0, 0.1) is 18.6 Å². The number of benzene rings is 1. The lowest BCUT2D eigenvalue weighted by Gasteiger charge is -2.09. The van der Waals surface area contributed by atoms with Crippen LogP contribution in [-0.4, -0.2) is 19.6 Å². The summed E-state index contributed by atoms with van der Waals surface area (Å²) in [6, 6.07) is 7.04. The zero-order chi connectivity index (χ0) is 19.7. The summed E-state index contributed by atoms with van der Waals surface area (Å²) in [5, 5.41) is 7.52. The molecular weight excluding hydrogens is 384 g/mol. The fourth-order valence-electron chi connectivity index (χ4n) is 2.67. The van der Waals surface area contributed by atoms with Crippen molar-refractivity contribution in [2.45, 2.75) is 24.9 Å². The maximum atomic E-state index is 13.4. The molecular formula is C19H17F2N5OS. The number of fused-ring (bicyclic) bond motifs is 1. The molecule has 0 aliphatic rings. The van der Waals surface area contributed by atoms with Crippen molar-refractivity contribution in [3.05, 3.63) is 71.7 Å². The number of aromatic nitrogens is 4. The molecule has 0 saturated heterocycles. The smallest absolute Gasteiger partial charge is 0.252 e. The molecule has 4 aromatic rings. The van der Waals surface area contributed by atoms with Crippen LogP contribution < -0.4 is 5.32 Å². The van der Waals surface area contributed by atoms with Gasteiger partial charge >= 0.3 is 0 Å². The quantitative estimate of drug-likeness (QED) is 0.488. The van der Waals surface area contributed by atoms with Crippen molar-refractivity contribution in [2.75, 3.05) is 5.32 Å². The second-order valence-corrected chi connectivity index (χ2v) is 7.60. The SMILES string of the molecule is Cc1nc2nc(C(C)SCc3ccco3)nn2cc1Nc1cc(F)cc(F)c1. The molecule has 0 aliphatic heterocycles. The summed E-state index contributed by atoms with van der Waals surface area (Å²) in [6.07, 6.45) is 3.36. The fraction of sp³-hybridized carbons (Fsp3) is 0.211. The van der Waals surface area contributed by atoms with Gasteiger partial charge in [-0.15, -0.1) is 16.9 Å². The number of furan rings is 1. The first-order valence-corrected chi connectivity index (χ1v) is 9.64. The number of thioether (sulfide) groups is 1. The Morgan fingerprint density at radius 2 is 2.00 bits per heavy atom. The standard InChI is InChI=1S/C19H17F2N5OS/c1-11-17(23-15-7-13(20)6-14(21)8-15)9-26-19(22-11)24-18(25-26)12(2)28-10-16-4-3-5-27-16/h3-9,12,23H,10H2,1-2H3. The normalized spacial score (nSPS) is 12.4. The van der Waals surface area contributed by atoms with E-state index in [4.69, 9.17) is 4.42 Å². The van der Waals surface area contributed by atoms with Gasteiger partial charge in [0.25, 0.3) is 5.78 Å². The molecule has 1 N–H and O–H groups in total. The van der Waals surface area contributed by atoms with Gasteiger partial charge in [0.05, 0.1) is 34.8 Å². The van der Waals surface area contributed by atoms with Gasteiger partial charge in [-0.25, -0.2) is 18.3 Å². The van der Waals surface area contributed by atoms with Crippen molar-refractivity contribution in [3.63, 3.8) is 0 Å². The van der Waals surface area contributed by atoms with Crippen molar-refractivity contribution < 1.29 is 13.2 Å². The number of nitrogens with zero attached hydrogens (tertiary/aromatic N) is 4. The molecule has 9 heteroatoms. The maximum absolute atomic E-state index is 13.4. The largest absolute Gasteiger partial charge is 0.468 e. The molecule has 0 spiro atoms. The van der Waals surface area contributed by atoms with Crippen LogP contribution in [0.15, 0.2) is 47.2 Å². The molecule has 1 aromatic carbocycles. The molecule has 3 aromatic heterocycles. The van der Waals surface area contributed by atoms with E-state index in [0.717, 1.165) is 11.8 Å². The van der Waals surface area contributed by atoms with Gasteiger partial charge < -0.3 is 9.73 Å². The molecule has 0 saturated carbocycles. The second kappa shape index (κ2) is 7.59. The van der Waals surface area contributed by atoms with Crippen LogP contribution in [-0.2, 0) is 5.75 Å². The number of halogens is 2. The monoisotopic (exact) mass is 401 g/mol. The van der Waals surface area contributed by atoms with Crippen LogP contribution >= 0.6 is 11.8 Å². The molecule has 1 atom stereocenters. The van der Waals surface area contributed by atoms with E-state index in [1.165, 1.54) is 12.1 Å². The van der Waals surface area contributed by atoms with E-state index in [9.17, 15) is 8.78 Å². The summed E-state index contributed by atoms with van der Waals surface area (Å²) in [4.78, 5) is 8.93. The van der Waals surface area contributed by atoms with E-state index < -0.39 is 11.6 Å². The van der Waals surface area contributed by atoms with Gasteiger partial charge in [-0.2, -0.15) is 4.98 Å². The third kappa shape index (κ3) is 3.99. The minimum atomic E-state index is -0.653. The lowest BCUT2D eigenvalue weighted by Crippen LogP contribution is -2.01. The van der Waals surface area contributed by atoms with Crippen molar-refractivity contribution in [2.24, 2.45) is 0 Å². The van der Waals surface area contributed by atoms with Crippen molar-refractivity contribution in [1.29, 1.82) is 0 Å². The molecule has 0 bridgehead atoms. The number of aryl methyl sites for hydroxylation is 1. The van der Waals surface area contributed by atoms with E-state index in [-0.39, 0.29) is 5.25 Å². The third-order valence-electron chi connectivity index (χ3n) is 4.10. The Labute approximate surface area is 164 Å². The first-order valence-electron chi connectivity index (χ1n) is 8.59. The molecule has 0 amide bonds. The summed E-state index contributed by atoms with van der Waals surface area (Å²) in [5.74, 6) is 1.42. The van der Waals surface area contributed by atoms with Gasteiger partial charge in [-0.3, -0.25) is 0 Å². The number of anilines is 2. The Hall–Kier alpha value is -2.94. The molecule has 1 unspecified atom stereocenters. The predicted octanol–water partition coefficient (Wildman–Crippen LogP) is 5.04. The summed E-state index contributed by atoms with van der Waals surface area (Å²) in [7, 11) is 0. The lowest BCUT2D eigenvalue weighted by molar-refractivity contribution is 0.530. The number of hydrogen-bond donors (Lipinski definition) is 1. The van der Waals surface area contributed by atoms with E-state index in [0.29, 0.717) is 34.4 Å². The van der Waals surface area contributed by atoms with E-state index in [1.807, 2.05) is 19.1 Å². The van der Waals surface area contributed by atoms with Crippen LogP contribution in [0.5, 0.6) is 0 Å². The van der Waals surface area contributed by atoms with Gasteiger partial charge in [0, 0.05) is 11.8 Å². The zero-order valence-electron chi connectivity index (χ0n) is 15.2. The molecule has 4 rings (SSSR count). The molecule has 0 fully saturated rings. The average molecular weight is 401 g/mol. The van der Waals surface area contributed by atoms with Gasteiger partial charge in [0.1, 0.15) is 17.4 Å². The lowest BCUT2D eigenvalue weighted by atomic mass is 10.2. The molecule has 0 aliphatic carbocycles. The van der Waals surface area contributed by atoms with Gasteiger partial charge in [0.15, 0.2) is 5.82 Å². The summed E-state index contributed by atoms with van der Waals surface area (Å²) >= 11 is 1.66. The van der Waals surface area contributed by atoms with E-state index in [1.54, 1.807) is 35.7 Å². The molecule has 6 nitrogen and oxygen atoms in total. The molecule has 28 heavy (non-hydrogen) atoms. The summed E-state index contributed by atoms with van der Waals surface area (Å²) in [6.45, 7) is 3.81. The van der Waals surface area contributed by atoms with Gasteiger partial charge in [0.2, 0.25) is 0 Å². The molecule has 144 valence electrons. The Kier molecular flexibility index (Phi) is 4.99. The van der Waals surface area contributed by atoms with Crippen molar-refractivity contribution >= 4 is 28.9 Å². The first kappa shape index (κ1) is 18.4. The minimum Gasteiger partial charge on any atom is -0.468 e. The van der Waals surface area contributed by atoms with Crippen LogP contribution in [0.3, 0.4) is 0 Å². The van der Waals surface area contributed by atoms with Crippen LogP contribution in [0.2, 0.25) is 0 Å². The topological polar surface area (TPSA) is 68.2 Å². The van der Waals surface area contributed by atoms with Crippen LogP contribution in [0.4, 0.5) is 20.2 Å². The summed E-state index contributed by atoms with van der Waals surface area (Å²) in [5.41, 5.74) is 1.53. The molecule has 0 radical (unpaired) electrons. The molecule has 3 heterocycles. The predicted molar refractivity (Wildman–Crippen MR) is 104 cm³/mol. The first-order chi connectivity index (χ1) is 13.5. The third-order valence-corrected chi connectivity index (χ3v) is 5.26. The average Bonchev–Trinajstić information content (AvgIpc) is 3.28. The van der Waals surface area contributed by atoms with Gasteiger partial charge in [-0.05, 0) is 38.1 Å². The highest BCUT2D eigenvalue weighted by molar-refractivity contribution is 7.98. The minimum absolute atomic E-state index is 0.0424. The fourth-order valence-corrected chi connectivity index (χ4v) is 3.50. The Bertz CT molecular complexity index is 1090. The van der Waals surface area contributed by atoms with Gasteiger partial charge in [-0.1, -0.05) is 0 Å². The highest BCUT2D eigenvalue weighted by Crippen LogP contribution is 2.29. The Balaban J connectivity index is 1.56. The zero-order valence-corrected chi connectivity index (χ0v) is 16.0. The highest BCUT2D eigenvalue weighted by atomic mass is 32.2. The number of hydrogen-bond acceptors (Lipinski definition) is 6. The number of nitrogens with one attached hydrogen (secondary N) is 1. The van der Waals surface area contributed by atoms with E-state index in [2.05, 4.69) is 20.4 Å².